The summed E-state index contributed by atoms with van der Waals surface area (Å²) >= 11 is 0. The molecule has 1 unspecified atom stereocenters. The normalized spacial score (nSPS) is 15.0. The van der Waals surface area contributed by atoms with Crippen LogP contribution in [0.15, 0.2) is 75.9 Å². The van der Waals surface area contributed by atoms with Crippen molar-refractivity contribution in [2.45, 2.75) is 12.3 Å². The highest BCUT2D eigenvalue weighted by molar-refractivity contribution is 5.92. The van der Waals surface area contributed by atoms with Crippen LogP contribution < -0.4 is 19.6 Å². The van der Waals surface area contributed by atoms with Gasteiger partial charge in [0.1, 0.15) is 22.5 Å². The van der Waals surface area contributed by atoms with Crippen molar-refractivity contribution in [2.75, 3.05) is 21.3 Å². The van der Waals surface area contributed by atoms with Gasteiger partial charge in [0.15, 0.2) is 11.5 Å². The fraction of sp³-hybridized carbons (Fsp3) is 0.179. The fourth-order valence-corrected chi connectivity index (χ4v) is 4.57. The molecule has 4 aromatic rings. The van der Waals surface area contributed by atoms with E-state index in [1.807, 2.05) is 54.6 Å². The molecule has 0 aliphatic heterocycles. The molecule has 0 saturated carbocycles. The van der Waals surface area contributed by atoms with Gasteiger partial charge in [-0.25, -0.2) is 0 Å². The number of rotatable bonds is 5. The van der Waals surface area contributed by atoms with E-state index in [1.165, 1.54) is 0 Å². The second-order valence-electron chi connectivity index (χ2n) is 7.94. The van der Waals surface area contributed by atoms with Gasteiger partial charge in [-0.1, -0.05) is 42.5 Å². The van der Waals surface area contributed by atoms with Crippen molar-refractivity contribution in [1.82, 2.24) is 0 Å². The summed E-state index contributed by atoms with van der Waals surface area (Å²) in [6.45, 7) is 0. The molecule has 1 atom stereocenters. The van der Waals surface area contributed by atoms with Crippen molar-refractivity contribution in [2.24, 2.45) is 0 Å². The summed E-state index contributed by atoms with van der Waals surface area (Å²) in [6.07, 6.45) is 2.53. The summed E-state index contributed by atoms with van der Waals surface area (Å²) in [7, 11) is 4.79. The predicted molar refractivity (Wildman–Crippen MR) is 129 cm³/mol. The summed E-state index contributed by atoms with van der Waals surface area (Å²) in [5.74, 6) is 2.50. The highest BCUT2D eigenvalue weighted by Gasteiger charge is 2.29. The van der Waals surface area contributed by atoms with Crippen molar-refractivity contribution in [3.8, 4) is 17.2 Å². The van der Waals surface area contributed by atoms with Crippen LogP contribution >= 0.6 is 0 Å². The number of hydrogen-bond donors (Lipinski definition) is 0. The van der Waals surface area contributed by atoms with E-state index in [0.29, 0.717) is 46.0 Å². The van der Waals surface area contributed by atoms with Crippen LogP contribution in [0.1, 0.15) is 28.4 Å². The number of methoxy groups -OCH3 is 3. The maximum Gasteiger partial charge on any atom is 0.203 e. The smallest absolute Gasteiger partial charge is 0.203 e. The number of allylic oxidation sites excluding steroid dienone is 1. The van der Waals surface area contributed by atoms with Crippen molar-refractivity contribution in [3.05, 3.63) is 99.4 Å². The van der Waals surface area contributed by atoms with Gasteiger partial charge < -0.3 is 18.6 Å². The number of hydrogen-bond acceptors (Lipinski definition) is 5. The molecule has 5 rings (SSSR count). The van der Waals surface area contributed by atoms with Crippen LogP contribution in [0.2, 0.25) is 0 Å². The van der Waals surface area contributed by atoms with Crippen LogP contribution in [-0.2, 0) is 6.42 Å². The maximum atomic E-state index is 13.6. The highest BCUT2D eigenvalue weighted by atomic mass is 16.5. The average molecular weight is 440 g/mol. The van der Waals surface area contributed by atoms with E-state index in [2.05, 4.69) is 12.1 Å². The van der Waals surface area contributed by atoms with Crippen LogP contribution in [0.25, 0.3) is 22.6 Å². The fourth-order valence-electron chi connectivity index (χ4n) is 4.57. The standard InChI is InChI=1S/C28H24O5/c1-30-22-13-12-18(14-26(22)32-3)19-15-21-25(16-20(19)17-8-5-4-6-9-17)33-24-11-7-10-23(31-2)27(24)28(21)29/h4-15,20H,16H2,1-3H3. The zero-order chi connectivity index (χ0) is 22.9. The van der Waals surface area contributed by atoms with Gasteiger partial charge >= 0.3 is 0 Å². The molecule has 0 radical (unpaired) electrons. The summed E-state index contributed by atoms with van der Waals surface area (Å²) < 4.78 is 22.7. The number of fused-ring (bicyclic) bond motifs is 2. The van der Waals surface area contributed by atoms with Gasteiger partial charge in [0.25, 0.3) is 0 Å². The lowest BCUT2D eigenvalue weighted by Gasteiger charge is -2.26. The lowest BCUT2D eigenvalue weighted by Crippen LogP contribution is -2.18. The largest absolute Gasteiger partial charge is 0.496 e. The van der Waals surface area contributed by atoms with E-state index in [1.54, 1.807) is 27.4 Å². The average Bonchev–Trinajstić information content (AvgIpc) is 2.87. The van der Waals surface area contributed by atoms with Gasteiger partial charge in [0, 0.05) is 12.3 Å². The van der Waals surface area contributed by atoms with Crippen LogP contribution in [0.4, 0.5) is 0 Å². The van der Waals surface area contributed by atoms with E-state index in [9.17, 15) is 4.79 Å². The minimum Gasteiger partial charge on any atom is -0.496 e. The van der Waals surface area contributed by atoms with E-state index >= 15 is 0 Å². The zero-order valence-corrected chi connectivity index (χ0v) is 18.8. The number of benzene rings is 3. The van der Waals surface area contributed by atoms with E-state index in [4.69, 9.17) is 18.6 Å². The maximum absolute atomic E-state index is 13.6. The summed E-state index contributed by atoms with van der Waals surface area (Å²) in [6, 6.07) is 21.5. The first kappa shape index (κ1) is 20.9. The summed E-state index contributed by atoms with van der Waals surface area (Å²) in [4.78, 5) is 13.6. The molecule has 1 aromatic heterocycles. The molecule has 3 aromatic carbocycles. The van der Waals surface area contributed by atoms with Gasteiger partial charge in [-0.15, -0.1) is 0 Å². The van der Waals surface area contributed by atoms with Crippen LogP contribution in [0, 0.1) is 0 Å². The Kier molecular flexibility index (Phi) is 5.38. The molecule has 33 heavy (non-hydrogen) atoms. The molecule has 0 N–H and O–H groups in total. The minimum atomic E-state index is -0.0896. The molecule has 0 spiro atoms. The van der Waals surface area contributed by atoms with Crippen LogP contribution in [0.3, 0.4) is 0 Å². The lowest BCUT2D eigenvalue weighted by atomic mass is 9.78. The molecular formula is C28H24O5. The topological polar surface area (TPSA) is 57.9 Å². The third-order valence-corrected chi connectivity index (χ3v) is 6.20. The quantitative estimate of drug-likeness (QED) is 0.398. The molecule has 0 amide bonds. The van der Waals surface area contributed by atoms with Gasteiger partial charge in [-0.05, 0) is 47.0 Å². The first-order valence-electron chi connectivity index (χ1n) is 10.8. The predicted octanol–water partition coefficient (Wildman–Crippen LogP) is 5.70. The molecule has 1 aliphatic rings. The van der Waals surface area contributed by atoms with Gasteiger partial charge in [-0.3, -0.25) is 4.79 Å². The van der Waals surface area contributed by atoms with E-state index < -0.39 is 0 Å². The molecular weight excluding hydrogens is 416 g/mol. The van der Waals surface area contributed by atoms with Crippen molar-refractivity contribution < 1.29 is 18.6 Å². The summed E-state index contributed by atoms with van der Waals surface area (Å²) in [5.41, 5.74) is 4.14. The Hall–Kier alpha value is -3.99. The molecule has 0 fully saturated rings. The van der Waals surface area contributed by atoms with Crippen LogP contribution in [0.5, 0.6) is 17.2 Å². The van der Waals surface area contributed by atoms with Crippen LogP contribution in [-0.4, -0.2) is 21.3 Å². The molecule has 5 heteroatoms. The molecule has 1 heterocycles. The zero-order valence-electron chi connectivity index (χ0n) is 18.8. The third-order valence-electron chi connectivity index (χ3n) is 6.20. The second-order valence-corrected chi connectivity index (χ2v) is 7.94. The SMILES string of the molecule is COc1ccc(C2=Cc3c(oc4cccc(OC)c4c3=O)CC2c2ccccc2)cc1OC. The monoisotopic (exact) mass is 440 g/mol. The van der Waals surface area contributed by atoms with E-state index in [0.717, 1.165) is 16.7 Å². The van der Waals surface area contributed by atoms with Crippen molar-refractivity contribution in [3.63, 3.8) is 0 Å². The lowest BCUT2D eigenvalue weighted by molar-refractivity contribution is 0.355. The van der Waals surface area contributed by atoms with Crippen molar-refractivity contribution in [1.29, 1.82) is 0 Å². The van der Waals surface area contributed by atoms with E-state index in [-0.39, 0.29) is 11.3 Å². The highest BCUT2D eigenvalue weighted by Crippen LogP contribution is 2.43. The Bertz CT molecular complexity index is 1420. The molecule has 0 saturated heterocycles. The first-order valence-corrected chi connectivity index (χ1v) is 10.8. The van der Waals surface area contributed by atoms with Gasteiger partial charge in [0.05, 0.1) is 26.9 Å². The minimum absolute atomic E-state index is 0.0167. The first-order chi connectivity index (χ1) is 16.1. The third kappa shape index (κ3) is 3.55. The molecule has 0 bridgehead atoms. The summed E-state index contributed by atoms with van der Waals surface area (Å²) in [5, 5.41) is 0.458. The Morgan fingerprint density at radius 1 is 0.818 bits per heavy atom. The van der Waals surface area contributed by atoms with Gasteiger partial charge in [-0.2, -0.15) is 0 Å². The molecule has 166 valence electrons. The Morgan fingerprint density at radius 3 is 2.30 bits per heavy atom. The molecule has 5 nitrogen and oxygen atoms in total. The number of ether oxygens (including phenoxy) is 3. The van der Waals surface area contributed by atoms with Crippen molar-refractivity contribution >= 4 is 22.6 Å². The Balaban J connectivity index is 1.77. The second kappa shape index (κ2) is 8.51. The Morgan fingerprint density at radius 2 is 1.58 bits per heavy atom. The van der Waals surface area contributed by atoms with Gasteiger partial charge in [0.2, 0.25) is 5.43 Å². The molecule has 1 aliphatic carbocycles. The Labute approximate surface area is 191 Å².